The van der Waals surface area contributed by atoms with E-state index in [2.05, 4.69) is 16.0 Å². The first-order valence-corrected chi connectivity index (χ1v) is 7.61. The molecule has 0 saturated carbocycles. The van der Waals surface area contributed by atoms with Crippen molar-refractivity contribution in [2.45, 2.75) is 6.61 Å². The van der Waals surface area contributed by atoms with Crippen LogP contribution >= 0.6 is 11.6 Å². The van der Waals surface area contributed by atoms with Crippen LogP contribution in [0, 0.1) is 5.82 Å². The van der Waals surface area contributed by atoms with Crippen molar-refractivity contribution in [3.05, 3.63) is 52.8 Å². The maximum absolute atomic E-state index is 13.3. The maximum Gasteiger partial charge on any atom is 0.323 e. The van der Waals surface area contributed by atoms with Crippen LogP contribution in [0.3, 0.4) is 0 Å². The highest BCUT2D eigenvalue weighted by Crippen LogP contribution is 2.23. The van der Waals surface area contributed by atoms with Gasteiger partial charge in [-0.05, 0) is 30.3 Å². The first-order chi connectivity index (χ1) is 11.5. The zero-order valence-electron chi connectivity index (χ0n) is 12.8. The summed E-state index contributed by atoms with van der Waals surface area (Å²) in [6.45, 7) is 0.703. The van der Waals surface area contributed by atoms with Gasteiger partial charge in [-0.15, -0.1) is 0 Å². The summed E-state index contributed by atoms with van der Waals surface area (Å²) in [5.74, 6) is -0.515. The van der Waals surface area contributed by atoms with Gasteiger partial charge in [-0.1, -0.05) is 17.7 Å². The minimum atomic E-state index is -0.581. The van der Waals surface area contributed by atoms with Gasteiger partial charge in [0.1, 0.15) is 5.82 Å². The van der Waals surface area contributed by atoms with E-state index < -0.39 is 11.8 Å². The van der Waals surface area contributed by atoms with Gasteiger partial charge in [0, 0.05) is 35.1 Å². The van der Waals surface area contributed by atoms with E-state index in [0.29, 0.717) is 35.1 Å². The molecule has 0 aliphatic carbocycles. The van der Waals surface area contributed by atoms with Crippen molar-refractivity contribution in [3.8, 4) is 0 Å². The third-order valence-corrected chi connectivity index (χ3v) is 3.34. The van der Waals surface area contributed by atoms with Gasteiger partial charge in [0.25, 0.3) is 0 Å². The Labute approximate surface area is 143 Å². The van der Waals surface area contributed by atoms with Crippen LogP contribution in [0.2, 0.25) is 5.02 Å². The van der Waals surface area contributed by atoms with Crippen molar-refractivity contribution < 1.29 is 14.3 Å². The van der Waals surface area contributed by atoms with Crippen LogP contribution in [0.4, 0.5) is 26.2 Å². The number of aliphatic hydroxyl groups is 1. The summed E-state index contributed by atoms with van der Waals surface area (Å²) in [6.07, 6.45) is 0. The monoisotopic (exact) mass is 352 g/mol. The van der Waals surface area contributed by atoms with E-state index in [4.69, 9.17) is 17.3 Å². The number of hydrogen-bond acceptors (Lipinski definition) is 4. The van der Waals surface area contributed by atoms with E-state index in [1.165, 1.54) is 12.1 Å². The Kier molecular flexibility index (Phi) is 6.36. The highest BCUT2D eigenvalue weighted by atomic mass is 35.5. The Balaban J connectivity index is 2.10. The lowest BCUT2D eigenvalue weighted by atomic mass is 10.2. The lowest BCUT2D eigenvalue weighted by molar-refractivity contribution is 0.262. The molecule has 0 fully saturated rings. The molecule has 2 aromatic carbocycles. The van der Waals surface area contributed by atoms with Gasteiger partial charge in [-0.3, -0.25) is 0 Å². The van der Waals surface area contributed by atoms with Gasteiger partial charge in [-0.25, -0.2) is 9.18 Å². The molecule has 0 spiro atoms. The van der Waals surface area contributed by atoms with Crippen LogP contribution in [-0.4, -0.2) is 24.2 Å². The second-order valence-electron chi connectivity index (χ2n) is 4.98. The van der Waals surface area contributed by atoms with Crippen molar-refractivity contribution in [1.82, 2.24) is 0 Å². The molecule has 0 aliphatic heterocycles. The molecule has 24 heavy (non-hydrogen) atoms. The fraction of sp³-hybridized carbons (Fsp3) is 0.188. The number of hydrogen-bond donors (Lipinski definition) is 5. The number of rotatable bonds is 6. The molecule has 6 N–H and O–H groups in total. The molecule has 0 aromatic heterocycles. The van der Waals surface area contributed by atoms with Crippen molar-refractivity contribution >= 4 is 34.7 Å². The normalized spacial score (nSPS) is 10.3. The van der Waals surface area contributed by atoms with Crippen molar-refractivity contribution in [1.29, 1.82) is 0 Å². The summed E-state index contributed by atoms with van der Waals surface area (Å²) in [7, 11) is 0. The number of benzene rings is 2. The molecule has 0 heterocycles. The van der Waals surface area contributed by atoms with Crippen LogP contribution in [0.25, 0.3) is 0 Å². The van der Waals surface area contributed by atoms with E-state index in [1.54, 1.807) is 18.2 Å². The van der Waals surface area contributed by atoms with Crippen molar-refractivity contribution in [2.75, 3.05) is 29.0 Å². The summed E-state index contributed by atoms with van der Waals surface area (Å²) in [5.41, 5.74) is 7.20. The first-order valence-electron chi connectivity index (χ1n) is 7.23. The fourth-order valence-corrected chi connectivity index (χ4v) is 2.30. The van der Waals surface area contributed by atoms with E-state index in [9.17, 15) is 14.3 Å². The van der Waals surface area contributed by atoms with Gasteiger partial charge in [0.05, 0.1) is 12.3 Å². The largest absolute Gasteiger partial charge is 0.392 e. The minimum absolute atomic E-state index is 0.193. The van der Waals surface area contributed by atoms with Gasteiger partial charge in [0.15, 0.2) is 0 Å². The van der Waals surface area contributed by atoms with Gasteiger partial charge in [0.2, 0.25) is 0 Å². The number of nitrogens with two attached hydrogens (primary N) is 1. The number of nitrogens with one attached hydrogen (secondary N) is 3. The Morgan fingerprint density at radius 2 is 1.92 bits per heavy atom. The fourth-order valence-electron chi connectivity index (χ4n) is 2.07. The molecule has 0 atom stereocenters. The number of carbonyl (C=O) groups is 1. The topological polar surface area (TPSA) is 99.4 Å². The molecular weight excluding hydrogens is 335 g/mol. The smallest absolute Gasteiger partial charge is 0.323 e. The number of amides is 2. The Bertz CT molecular complexity index is 727. The summed E-state index contributed by atoms with van der Waals surface area (Å²) in [6, 6.07) is 8.14. The number of anilines is 3. The molecule has 2 amide bonds. The Hall–Kier alpha value is -2.35. The minimum Gasteiger partial charge on any atom is -0.392 e. The molecule has 0 saturated heterocycles. The summed E-state index contributed by atoms with van der Waals surface area (Å²) >= 11 is 6.02. The second-order valence-corrected chi connectivity index (χ2v) is 5.42. The third-order valence-electron chi connectivity index (χ3n) is 3.12. The van der Waals surface area contributed by atoms with E-state index in [1.807, 2.05) is 0 Å². The van der Waals surface area contributed by atoms with Crippen LogP contribution in [0.5, 0.6) is 0 Å². The molecular formula is C16H18ClFN4O2. The van der Waals surface area contributed by atoms with Gasteiger partial charge in [-0.2, -0.15) is 0 Å². The molecule has 2 aromatic rings. The SMILES string of the molecule is NCCNc1cc(Cl)cc(NC(=O)Nc2cc(F)ccc2CO)c1. The lowest BCUT2D eigenvalue weighted by Gasteiger charge is -2.12. The van der Waals surface area contributed by atoms with Crippen LogP contribution < -0.4 is 21.7 Å². The predicted octanol–water partition coefficient (Wildman–Crippen LogP) is 2.99. The second kappa shape index (κ2) is 8.49. The van der Waals surface area contributed by atoms with E-state index >= 15 is 0 Å². The van der Waals surface area contributed by atoms with Crippen LogP contribution in [0.15, 0.2) is 36.4 Å². The maximum atomic E-state index is 13.3. The van der Waals surface area contributed by atoms with Crippen LogP contribution in [-0.2, 0) is 6.61 Å². The average Bonchev–Trinajstić information content (AvgIpc) is 2.52. The Morgan fingerprint density at radius 1 is 1.17 bits per heavy atom. The number of carbonyl (C=O) groups excluding carboxylic acids is 1. The highest BCUT2D eigenvalue weighted by molar-refractivity contribution is 6.31. The van der Waals surface area contributed by atoms with Crippen LogP contribution in [0.1, 0.15) is 5.56 Å². The Morgan fingerprint density at radius 3 is 2.62 bits per heavy atom. The summed E-state index contributed by atoms with van der Waals surface area (Å²) in [5, 5.41) is 17.8. The molecule has 6 nitrogen and oxygen atoms in total. The molecule has 0 unspecified atom stereocenters. The molecule has 128 valence electrons. The van der Waals surface area contributed by atoms with E-state index in [0.717, 1.165) is 6.07 Å². The highest BCUT2D eigenvalue weighted by Gasteiger charge is 2.09. The quantitative estimate of drug-likeness (QED) is 0.552. The number of halogens is 2. The molecule has 8 heteroatoms. The van der Waals surface area contributed by atoms with Gasteiger partial charge < -0.3 is 26.8 Å². The molecule has 2 rings (SSSR count). The lowest BCUT2D eigenvalue weighted by Crippen LogP contribution is -2.20. The summed E-state index contributed by atoms with van der Waals surface area (Å²) in [4.78, 5) is 12.1. The van der Waals surface area contributed by atoms with E-state index in [-0.39, 0.29) is 12.3 Å². The molecule has 0 bridgehead atoms. The zero-order chi connectivity index (χ0) is 17.5. The predicted molar refractivity (Wildman–Crippen MR) is 94.0 cm³/mol. The average molecular weight is 353 g/mol. The summed E-state index contributed by atoms with van der Waals surface area (Å²) < 4.78 is 13.3. The van der Waals surface area contributed by atoms with Crippen molar-refractivity contribution in [3.63, 3.8) is 0 Å². The molecule has 0 aliphatic rings. The van der Waals surface area contributed by atoms with Gasteiger partial charge >= 0.3 is 6.03 Å². The first kappa shape index (κ1) is 18.0. The number of urea groups is 1. The number of aliphatic hydroxyl groups excluding tert-OH is 1. The van der Waals surface area contributed by atoms with Crippen molar-refractivity contribution in [2.24, 2.45) is 5.73 Å². The third kappa shape index (κ3) is 5.09. The standard InChI is InChI=1S/C16H18ClFN4O2/c17-11-5-13(20-4-3-19)8-14(6-11)21-16(24)22-15-7-12(18)2-1-10(15)9-23/h1-2,5-8,20,23H,3-4,9,19H2,(H2,21,22,24). The molecule has 0 radical (unpaired) electrons. The zero-order valence-corrected chi connectivity index (χ0v) is 13.5.